The maximum atomic E-state index is 10.2. The third-order valence-electron chi connectivity index (χ3n) is 1.20. The van der Waals surface area contributed by atoms with Gasteiger partial charge in [0, 0.05) is 13.1 Å². The summed E-state index contributed by atoms with van der Waals surface area (Å²) in [5.74, 6) is -1.18. The smallest absolute Gasteiger partial charge is 0.317 e. The molecule has 0 saturated heterocycles. The van der Waals surface area contributed by atoms with E-state index in [9.17, 15) is 4.79 Å². The number of carboxylic acid groups (broad SMARTS) is 1. The Labute approximate surface area is 74.5 Å². The van der Waals surface area contributed by atoms with Gasteiger partial charge in [-0.25, -0.2) is 0 Å². The summed E-state index contributed by atoms with van der Waals surface area (Å²) in [6.45, 7) is -1.16. The van der Waals surface area contributed by atoms with Crippen LogP contribution < -0.4 is 0 Å². The number of hydrogen-bond acceptors (Lipinski definition) is 6. The van der Waals surface area contributed by atoms with Crippen molar-refractivity contribution in [3.63, 3.8) is 0 Å². The minimum Gasteiger partial charge on any atom is -0.480 e. The maximum absolute atomic E-state index is 10.2. The van der Waals surface area contributed by atoms with Crippen LogP contribution in [0.25, 0.3) is 0 Å². The standard InChI is InChI=1S/C6H13NO6/c8-4(9)1-7(2-5(10)11)3-6(12)13/h4-5,8-11H,1-3H2,(H,12,13). The Morgan fingerprint density at radius 1 is 1.08 bits per heavy atom. The van der Waals surface area contributed by atoms with Crippen LogP contribution in [0.1, 0.15) is 0 Å². The topological polar surface area (TPSA) is 121 Å². The fraction of sp³-hybridized carbons (Fsp3) is 0.833. The maximum Gasteiger partial charge on any atom is 0.317 e. The average Bonchev–Trinajstić information content (AvgIpc) is 1.80. The van der Waals surface area contributed by atoms with Gasteiger partial charge < -0.3 is 25.5 Å². The molecule has 0 amide bonds. The number of aliphatic hydroxyl groups excluding tert-OH is 2. The Bertz CT molecular complexity index is 149. The lowest BCUT2D eigenvalue weighted by Crippen LogP contribution is -2.40. The summed E-state index contributed by atoms with van der Waals surface area (Å²) in [7, 11) is 0. The number of carbonyl (C=O) groups is 1. The number of rotatable bonds is 6. The Kier molecular flexibility index (Phi) is 5.51. The molecule has 7 heteroatoms. The fourth-order valence-corrected chi connectivity index (χ4v) is 0.857. The Morgan fingerprint density at radius 2 is 1.46 bits per heavy atom. The van der Waals surface area contributed by atoms with Gasteiger partial charge in [0.15, 0.2) is 12.6 Å². The van der Waals surface area contributed by atoms with Gasteiger partial charge in [-0.1, -0.05) is 0 Å². The molecule has 0 heterocycles. The second-order valence-electron chi connectivity index (χ2n) is 2.55. The van der Waals surface area contributed by atoms with Crippen LogP contribution in [-0.2, 0) is 4.79 Å². The lowest BCUT2D eigenvalue weighted by molar-refractivity contribution is -0.142. The summed E-state index contributed by atoms with van der Waals surface area (Å²) in [5.41, 5.74) is 0. The second kappa shape index (κ2) is 5.84. The van der Waals surface area contributed by atoms with Crippen molar-refractivity contribution in [1.82, 2.24) is 4.90 Å². The van der Waals surface area contributed by atoms with Crippen molar-refractivity contribution in [3.8, 4) is 0 Å². The number of hydrogen-bond donors (Lipinski definition) is 5. The quantitative estimate of drug-likeness (QED) is 0.286. The zero-order chi connectivity index (χ0) is 10.4. The molecular weight excluding hydrogens is 182 g/mol. The molecule has 0 fully saturated rings. The van der Waals surface area contributed by atoms with Crippen LogP contribution in [0, 0.1) is 0 Å². The normalized spacial score (nSPS) is 11.6. The molecule has 13 heavy (non-hydrogen) atoms. The van der Waals surface area contributed by atoms with Gasteiger partial charge in [-0.2, -0.15) is 0 Å². The Hall–Kier alpha value is -0.730. The molecule has 0 unspecified atom stereocenters. The molecule has 0 bridgehead atoms. The molecule has 0 radical (unpaired) electrons. The first-order valence-electron chi connectivity index (χ1n) is 3.58. The molecule has 0 aromatic rings. The first-order valence-corrected chi connectivity index (χ1v) is 3.58. The van der Waals surface area contributed by atoms with E-state index >= 15 is 0 Å². The number of nitrogens with zero attached hydrogens (tertiary/aromatic N) is 1. The van der Waals surface area contributed by atoms with Crippen LogP contribution >= 0.6 is 0 Å². The molecule has 0 aliphatic rings. The Morgan fingerprint density at radius 3 is 1.69 bits per heavy atom. The van der Waals surface area contributed by atoms with Gasteiger partial charge in [0.25, 0.3) is 0 Å². The summed E-state index contributed by atoms with van der Waals surface area (Å²) in [4.78, 5) is 11.2. The first-order chi connectivity index (χ1) is 5.91. The van der Waals surface area contributed by atoms with Crippen molar-refractivity contribution in [2.75, 3.05) is 19.6 Å². The minimum atomic E-state index is -1.70. The van der Waals surface area contributed by atoms with Gasteiger partial charge in [-0.05, 0) is 0 Å². The van der Waals surface area contributed by atoms with Crippen molar-refractivity contribution in [1.29, 1.82) is 0 Å². The number of carboxylic acids is 1. The molecule has 0 spiro atoms. The molecule has 0 aliphatic carbocycles. The van der Waals surface area contributed by atoms with Gasteiger partial charge in [0.2, 0.25) is 0 Å². The molecule has 78 valence electrons. The highest BCUT2D eigenvalue weighted by molar-refractivity contribution is 5.69. The van der Waals surface area contributed by atoms with Crippen LogP contribution in [0.4, 0.5) is 0 Å². The highest BCUT2D eigenvalue weighted by Gasteiger charge is 2.15. The van der Waals surface area contributed by atoms with Crippen molar-refractivity contribution in [3.05, 3.63) is 0 Å². The molecule has 5 N–H and O–H groups in total. The Balaban J connectivity index is 3.95. The zero-order valence-electron chi connectivity index (χ0n) is 6.87. The molecular formula is C6H13NO6. The van der Waals surface area contributed by atoms with Crippen molar-refractivity contribution in [2.45, 2.75) is 12.6 Å². The number of aliphatic hydroxyl groups is 4. The lowest BCUT2D eigenvalue weighted by Gasteiger charge is -2.21. The van der Waals surface area contributed by atoms with E-state index in [1.54, 1.807) is 0 Å². The molecule has 0 rings (SSSR count). The molecule has 0 aliphatic heterocycles. The van der Waals surface area contributed by atoms with Crippen LogP contribution in [0.2, 0.25) is 0 Å². The minimum absolute atomic E-state index is 0.343. The third-order valence-corrected chi connectivity index (χ3v) is 1.20. The van der Waals surface area contributed by atoms with Crippen LogP contribution in [0.15, 0.2) is 0 Å². The highest BCUT2D eigenvalue weighted by atomic mass is 16.5. The summed E-state index contributed by atoms with van der Waals surface area (Å²) in [5, 5.41) is 42.4. The van der Waals surface area contributed by atoms with Gasteiger partial charge in [-0.3, -0.25) is 9.69 Å². The van der Waals surface area contributed by atoms with E-state index in [-0.39, 0.29) is 13.1 Å². The van der Waals surface area contributed by atoms with Gasteiger partial charge in [-0.15, -0.1) is 0 Å². The molecule has 0 saturated carbocycles. The summed E-state index contributed by atoms with van der Waals surface area (Å²) >= 11 is 0. The zero-order valence-corrected chi connectivity index (χ0v) is 6.87. The van der Waals surface area contributed by atoms with Crippen LogP contribution in [-0.4, -0.2) is 68.6 Å². The molecule has 7 nitrogen and oxygen atoms in total. The van der Waals surface area contributed by atoms with E-state index in [1.165, 1.54) is 0 Å². The fourth-order valence-electron chi connectivity index (χ4n) is 0.857. The predicted octanol–water partition coefficient (Wildman–Crippen LogP) is -3.01. The SMILES string of the molecule is O=C(O)CN(CC(O)O)CC(O)O. The van der Waals surface area contributed by atoms with Gasteiger partial charge in [0.05, 0.1) is 6.54 Å². The van der Waals surface area contributed by atoms with Crippen LogP contribution in [0.3, 0.4) is 0 Å². The van der Waals surface area contributed by atoms with Crippen molar-refractivity contribution < 1.29 is 30.3 Å². The summed E-state index contributed by atoms with van der Waals surface area (Å²) < 4.78 is 0. The van der Waals surface area contributed by atoms with E-state index < -0.39 is 25.1 Å². The predicted molar refractivity (Wildman–Crippen MR) is 40.5 cm³/mol. The van der Waals surface area contributed by atoms with E-state index in [1.807, 2.05) is 0 Å². The summed E-state index contributed by atoms with van der Waals surface area (Å²) in [6.07, 6.45) is -3.39. The average molecular weight is 195 g/mol. The van der Waals surface area contributed by atoms with E-state index in [0.717, 1.165) is 4.90 Å². The number of aliphatic carboxylic acids is 1. The summed E-state index contributed by atoms with van der Waals surface area (Å²) in [6, 6.07) is 0. The van der Waals surface area contributed by atoms with Crippen LogP contribution in [0.5, 0.6) is 0 Å². The van der Waals surface area contributed by atoms with Gasteiger partial charge >= 0.3 is 5.97 Å². The second-order valence-corrected chi connectivity index (χ2v) is 2.55. The van der Waals surface area contributed by atoms with Crippen molar-refractivity contribution in [2.24, 2.45) is 0 Å². The monoisotopic (exact) mass is 195 g/mol. The lowest BCUT2D eigenvalue weighted by atomic mass is 10.4. The largest absolute Gasteiger partial charge is 0.480 e. The molecule has 0 aromatic carbocycles. The van der Waals surface area contributed by atoms with E-state index in [4.69, 9.17) is 25.5 Å². The molecule has 0 aromatic heterocycles. The van der Waals surface area contributed by atoms with E-state index in [2.05, 4.69) is 0 Å². The van der Waals surface area contributed by atoms with E-state index in [0.29, 0.717) is 0 Å². The first kappa shape index (κ1) is 12.3. The van der Waals surface area contributed by atoms with Crippen molar-refractivity contribution >= 4 is 5.97 Å². The third kappa shape index (κ3) is 7.62. The highest BCUT2D eigenvalue weighted by Crippen LogP contribution is 1.92. The van der Waals surface area contributed by atoms with Gasteiger partial charge in [0.1, 0.15) is 0 Å². The molecule has 0 atom stereocenters.